The van der Waals surface area contributed by atoms with Gasteiger partial charge >= 0.3 is 0 Å². The van der Waals surface area contributed by atoms with Crippen molar-refractivity contribution < 1.29 is 9.53 Å². The average Bonchev–Trinajstić information content (AvgIpc) is 2.94. The number of hydrogen-bond donors (Lipinski definition) is 0. The van der Waals surface area contributed by atoms with E-state index in [4.69, 9.17) is 4.74 Å². The molecule has 0 N–H and O–H groups in total. The highest BCUT2D eigenvalue weighted by Gasteiger charge is 2.25. The second kappa shape index (κ2) is 8.17. The molecule has 0 atom stereocenters. The van der Waals surface area contributed by atoms with E-state index in [2.05, 4.69) is 35.2 Å². The lowest BCUT2D eigenvalue weighted by Crippen LogP contribution is -2.31. The van der Waals surface area contributed by atoms with Gasteiger partial charge in [0.2, 0.25) is 0 Å². The van der Waals surface area contributed by atoms with Gasteiger partial charge < -0.3 is 14.5 Å². The summed E-state index contributed by atoms with van der Waals surface area (Å²) in [6.07, 6.45) is 0.914. The Balaban J connectivity index is 1.67. The molecule has 0 unspecified atom stereocenters. The molecule has 0 aromatic heterocycles. The number of carbonyl (C=O) groups is 1. The summed E-state index contributed by atoms with van der Waals surface area (Å²) < 4.78 is 5.29. The summed E-state index contributed by atoms with van der Waals surface area (Å²) in [5.74, 6) is 0.701. The molecule has 0 bridgehead atoms. The van der Waals surface area contributed by atoms with E-state index in [0.717, 1.165) is 30.9 Å². The van der Waals surface area contributed by atoms with Crippen LogP contribution in [-0.4, -0.2) is 26.1 Å². The van der Waals surface area contributed by atoms with Crippen molar-refractivity contribution in [3.05, 3.63) is 90.0 Å². The Morgan fingerprint density at radius 1 is 0.893 bits per heavy atom. The van der Waals surface area contributed by atoms with E-state index in [1.807, 2.05) is 47.4 Å². The van der Waals surface area contributed by atoms with Gasteiger partial charge in [0.25, 0.3) is 5.91 Å². The lowest BCUT2D eigenvalue weighted by atomic mass is 10.1. The van der Waals surface area contributed by atoms with Gasteiger partial charge in [0.15, 0.2) is 0 Å². The number of hydrogen-bond acceptors (Lipinski definition) is 3. The fraction of sp³-hybridized carbons (Fsp3) is 0.208. The van der Waals surface area contributed by atoms with Crippen molar-refractivity contribution in [2.75, 3.05) is 30.0 Å². The van der Waals surface area contributed by atoms with Gasteiger partial charge in [-0.2, -0.15) is 0 Å². The Morgan fingerprint density at radius 2 is 1.64 bits per heavy atom. The highest BCUT2D eigenvalue weighted by atomic mass is 16.5. The monoisotopic (exact) mass is 372 g/mol. The Morgan fingerprint density at radius 3 is 2.43 bits per heavy atom. The molecule has 0 saturated carbocycles. The summed E-state index contributed by atoms with van der Waals surface area (Å²) in [7, 11) is 1.62. The molecular weight excluding hydrogens is 348 g/mol. The number of benzene rings is 3. The molecular formula is C24H24N2O2. The lowest BCUT2D eigenvalue weighted by molar-refractivity contribution is 0.0987. The number of ether oxygens (including phenoxy) is 1. The van der Waals surface area contributed by atoms with E-state index >= 15 is 0 Å². The summed E-state index contributed by atoms with van der Waals surface area (Å²) in [6.45, 7) is 2.44. The summed E-state index contributed by atoms with van der Waals surface area (Å²) in [4.78, 5) is 17.6. The van der Waals surface area contributed by atoms with Crippen LogP contribution >= 0.6 is 0 Å². The Kier molecular flexibility index (Phi) is 5.29. The van der Waals surface area contributed by atoms with Crippen LogP contribution in [0.25, 0.3) is 0 Å². The molecule has 0 radical (unpaired) electrons. The maximum atomic E-state index is 13.3. The molecule has 4 nitrogen and oxygen atoms in total. The third-order valence-electron chi connectivity index (χ3n) is 5.10. The molecule has 1 aliphatic heterocycles. The fourth-order valence-corrected chi connectivity index (χ4v) is 3.71. The second-order valence-electron chi connectivity index (χ2n) is 6.94. The molecule has 0 fully saturated rings. The van der Waals surface area contributed by atoms with E-state index < -0.39 is 0 Å². The number of rotatable bonds is 4. The van der Waals surface area contributed by atoms with Crippen LogP contribution in [-0.2, 0) is 6.54 Å². The Hall–Kier alpha value is -3.27. The van der Waals surface area contributed by atoms with Gasteiger partial charge in [0.1, 0.15) is 5.75 Å². The molecule has 3 aromatic rings. The van der Waals surface area contributed by atoms with Crippen LogP contribution in [0, 0.1) is 0 Å². The van der Waals surface area contributed by atoms with Crippen LogP contribution in [0.2, 0.25) is 0 Å². The van der Waals surface area contributed by atoms with Gasteiger partial charge in [0.05, 0.1) is 18.5 Å². The molecule has 1 heterocycles. The van der Waals surface area contributed by atoms with Crippen LogP contribution < -0.4 is 14.5 Å². The number of nitrogens with zero attached hydrogens (tertiary/aromatic N) is 2. The summed E-state index contributed by atoms with van der Waals surface area (Å²) in [5.41, 5.74) is 3.97. The Bertz CT molecular complexity index is 956. The molecule has 0 spiro atoms. The van der Waals surface area contributed by atoms with Gasteiger partial charge in [0, 0.05) is 25.2 Å². The minimum absolute atomic E-state index is 0.00733. The topological polar surface area (TPSA) is 32.8 Å². The molecule has 0 saturated heterocycles. The van der Waals surface area contributed by atoms with Crippen LogP contribution in [0.1, 0.15) is 22.3 Å². The standard InChI is InChI=1S/C24H24N2O2/c1-28-21-12-7-11-20(17-21)24(27)26-16-8-15-25(18-19-9-3-2-4-10-19)22-13-5-6-14-23(22)26/h2-7,9-14,17H,8,15-16,18H2,1H3. The maximum Gasteiger partial charge on any atom is 0.258 e. The highest BCUT2D eigenvalue weighted by Crippen LogP contribution is 2.34. The molecule has 4 heteroatoms. The van der Waals surface area contributed by atoms with E-state index in [1.165, 1.54) is 5.56 Å². The molecule has 4 rings (SSSR count). The first kappa shape index (κ1) is 18.1. The van der Waals surface area contributed by atoms with Gasteiger partial charge in [-0.3, -0.25) is 4.79 Å². The predicted octanol–water partition coefficient (Wildman–Crippen LogP) is 4.75. The first-order valence-corrected chi connectivity index (χ1v) is 9.60. The minimum Gasteiger partial charge on any atom is -0.497 e. The van der Waals surface area contributed by atoms with Crippen molar-refractivity contribution in [3.8, 4) is 5.75 Å². The first-order chi connectivity index (χ1) is 13.8. The Labute approximate surface area is 166 Å². The van der Waals surface area contributed by atoms with E-state index in [0.29, 0.717) is 17.9 Å². The highest BCUT2D eigenvalue weighted by molar-refractivity contribution is 6.08. The van der Waals surface area contributed by atoms with Gasteiger partial charge in [-0.1, -0.05) is 48.5 Å². The first-order valence-electron chi connectivity index (χ1n) is 9.60. The maximum absolute atomic E-state index is 13.3. The SMILES string of the molecule is COc1cccc(C(=O)N2CCCN(Cc3ccccc3)c3ccccc32)c1. The van der Waals surface area contributed by atoms with Crippen LogP contribution in [0.15, 0.2) is 78.9 Å². The van der Waals surface area contributed by atoms with E-state index in [1.54, 1.807) is 13.2 Å². The summed E-state index contributed by atoms with van der Waals surface area (Å²) >= 11 is 0. The number of anilines is 2. The van der Waals surface area contributed by atoms with Gasteiger partial charge in [-0.25, -0.2) is 0 Å². The zero-order valence-electron chi connectivity index (χ0n) is 16.0. The molecule has 3 aromatic carbocycles. The summed E-state index contributed by atoms with van der Waals surface area (Å²) in [5, 5.41) is 0. The van der Waals surface area contributed by atoms with E-state index in [9.17, 15) is 4.79 Å². The number of fused-ring (bicyclic) bond motifs is 1. The second-order valence-corrected chi connectivity index (χ2v) is 6.94. The number of para-hydroxylation sites is 2. The van der Waals surface area contributed by atoms with Gasteiger partial charge in [-0.15, -0.1) is 0 Å². The van der Waals surface area contributed by atoms with Gasteiger partial charge in [-0.05, 0) is 42.3 Å². The zero-order chi connectivity index (χ0) is 19.3. The van der Waals surface area contributed by atoms with Crippen molar-refractivity contribution in [1.82, 2.24) is 0 Å². The zero-order valence-corrected chi connectivity index (χ0v) is 16.0. The molecule has 142 valence electrons. The fourth-order valence-electron chi connectivity index (χ4n) is 3.71. The van der Waals surface area contributed by atoms with Crippen molar-refractivity contribution in [1.29, 1.82) is 0 Å². The third-order valence-corrected chi connectivity index (χ3v) is 5.10. The van der Waals surface area contributed by atoms with Crippen molar-refractivity contribution in [3.63, 3.8) is 0 Å². The van der Waals surface area contributed by atoms with Crippen molar-refractivity contribution in [2.24, 2.45) is 0 Å². The predicted molar refractivity (Wildman–Crippen MR) is 113 cm³/mol. The number of carbonyl (C=O) groups excluding carboxylic acids is 1. The minimum atomic E-state index is 0.00733. The number of methoxy groups -OCH3 is 1. The molecule has 1 aliphatic rings. The molecule has 1 amide bonds. The smallest absolute Gasteiger partial charge is 0.258 e. The third kappa shape index (κ3) is 3.72. The largest absolute Gasteiger partial charge is 0.497 e. The molecule has 0 aliphatic carbocycles. The quantitative estimate of drug-likeness (QED) is 0.662. The lowest BCUT2D eigenvalue weighted by Gasteiger charge is -2.27. The number of amides is 1. The molecule has 28 heavy (non-hydrogen) atoms. The van der Waals surface area contributed by atoms with Crippen molar-refractivity contribution in [2.45, 2.75) is 13.0 Å². The van der Waals surface area contributed by atoms with Crippen LogP contribution in [0.4, 0.5) is 11.4 Å². The van der Waals surface area contributed by atoms with E-state index in [-0.39, 0.29) is 5.91 Å². The normalized spacial score (nSPS) is 13.6. The summed E-state index contributed by atoms with van der Waals surface area (Å²) in [6, 6.07) is 26.0. The van der Waals surface area contributed by atoms with Crippen LogP contribution in [0.3, 0.4) is 0 Å². The van der Waals surface area contributed by atoms with Crippen molar-refractivity contribution >= 4 is 17.3 Å². The van der Waals surface area contributed by atoms with Crippen LogP contribution in [0.5, 0.6) is 5.75 Å². The average molecular weight is 372 g/mol.